The molecule has 0 N–H and O–H groups in total. The largest absolute Gasteiger partial charge is 0.299 e. The summed E-state index contributed by atoms with van der Waals surface area (Å²) in [5.41, 5.74) is 2.43. The van der Waals surface area contributed by atoms with E-state index in [1.807, 2.05) is 0 Å². The first-order valence-corrected chi connectivity index (χ1v) is 8.39. The zero-order valence-electron chi connectivity index (χ0n) is 13.9. The normalized spacial score (nSPS) is 42.5. The van der Waals surface area contributed by atoms with E-state index in [4.69, 9.17) is 0 Å². The van der Waals surface area contributed by atoms with Gasteiger partial charge in [-0.25, -0.2) is 0 Å². The Hall–Kier alpha value is -0.590. The lowest BCUT2D eigenvalue weighted by atomic mass is 9.46. The average molecular weight is 274 g/mol. The number of ketones is 1. The first-order chi connectivity index (χ1) is 9.17. The summed E-state index contributed by atoms with van der Waals surface area (Å²) >= 11 is 0. The van der Waals surface area contributed by atoms with E-state index in [9.17, 15) is 4.79 Å². The minimum Gasteiger partial charge on any atom is -0.299 e. The summed E-state index contributed by atoms with van der Waals surface area (Å²) in [4.78, 5) is 12.4. The molecule has 0 unspecified atom stereocenters. The van der Waals surface area contributed by atoms with Gasteiger partial charge in [-0.3, -0.25) is 4.79 Å². The minimum absolute atomic E-state index is 0.123. The summed E-state index contributed by atoms with van der Waals surface area (Å²) in [6.07, 6.45) is 9.49. The van der Waals surface area contributed by atoms with Gasteiger partial charge in [-0.15, -0.1) is 0 Å². The number of allylic oxidation sites excluding steroid dienone is 2. The van der Waals surface area contributed by atoms with Crippen LogP contribution in [0.5, 0.6) is 0 Å². The molecule has 0 radical (unpaired) electrons. The molecule has 3 aliphatic rings. The zero-order valence-corrected chi connectivity index (χ0v) is 13.9. The standard InChI is InChI=1S/C19H30O/c1-17(2)10-8-14-13(12-17)6-7-15-18(3,4)16(20)9-11-19(14,15)5/h6,14-15H,7-12H2,1-5H3/t14-,15-,19+/m0/s1. The molecule has 2 saturated carbocycles. The molecule has 20 heavy (non-hydrogen) atoms. The number of hydrogen-bond acceptors (Lipinski definition) is 1. The zero-order chi connectivity index (χ0) is 14.8. The molecular weight excluding hydrogens is 244 g/mol. The Kier molecular flexibility index (Phi) is 3.02. The van der Waals surface area contributed by atoms with E-state index in [2.05, 4.69) is 40.7 Å². The van der Waals surface area contributed by atoms with E-state index >= 15 is 0 Å². The van der Waals surface area contributed by atoms with Crippen molar-refractivity contribution in [3.63, 3.8) is 0 Å². The molecular formula is C19H30O. The summed E-state index contributed by atoms with van der Waals surface area (Å²) < 4.78 is 0. The smallest absolute Gasteiger partial charge is 0.138 e. The van der Waals surface area contributed by atoms with E-state index in [0.29, 0.717) is 22.5 Å². The fourth-order valence-electron chi connectivity index (χ4n) is 5.60. The predicted octanol–water partition coefficient (Wildman–Crippen LogP) is 5.15. The van der Waals surface area contributed by atoms with Crippen LogP contribution in [0.1, 0.15) is 73.1 Å². The van der Waals surface area contributed by atoms with Crippen molar-refractivity contribution in [2.75, 3.05) is 0 Å². The quantitative estimate of drug-likeness (QED) is 0.558. The van der Waals surface area contributed by atoms with Gasteiger partial charge in [-0.05, 0) is 54.8 Å². The van der Waals surface area contributed by atoms with Crippen LogP contribution in [-0.4, -0.2) is 5.78 Å². The third kappa shape index (κ3) is 1.92. The third-order valence-electron chi connectivity index (χ3n) is 6.93. The van der Waals surface area contributed by atoms with E-state index in [1.165, 1.54) is 19.3 Å². The fraction of sp³-hybridized carbons (Fsp3) is 0.842. The molecule has 0 aromatic carbocycles. The molecule has 0 amide bonds. The summed E-state index contributed by atoms with van der Waals surface area (Å²) in [5, 5.41) is 0. The Morgan fingerprint density at radius 2 is 1.80 bits per heavy atom. The second-order valence-corrected chi connectivity index (χ2v) is 9.15. The van der Waals surface area contributed by atoms with Crippen molar-refractivity contribution in [3.05, 3.63) is 11.6 Å². The van der Waals surface area contributed by atoms with Crippen LogP contribution in [0, 0.1) is 28.1 Å². The molecule has 0 aromatic rings. The van der Waals surface area contributed by atoms with E-state index in [1.54, 1.807) is 5.57 Å². The maximum absolute atomic E-state index is 12.4. The average Bonchev–Trinajstić information content (AvgIpc) is 2.33. The maximum Gasteiger partial charge on any atom is 0.138 e. The molecule has 0 saturated heterocycles. The Morgan fingerprint density at radius 1 is 1.10 bits per heavy atom. The highest BCUT2D eigenvalue weighted by molar-refractivity contribution is 5.85. The molecule has 3 rings (SSSR count). The third-order valence-corrected chi connectivity index (χ3v) is 6.93. The van der Waals surface area contributed by atoms with Gasteiger partial charge in [-0.2, -0.15) is 0 Å². The second kappa shape index (κ2) is 4.21. The molecule has 1 nitrogen and oxygen atoms in total. The predicted molar refractivity (Wildman–Crippen MR) is 83.4 cm³/mol. The molecule has 0 spiro atoms. The van der Waals surface area contributed by atoms with Crippen LogP contribution in [-0.2, 0) is 4.79 Å². The van der Waals surface area contributed by atoms with Crippen LogP contribution in [0.4, 0.5) is 0 Å². The van der Waals surface area contributed by atoms with Crippen molar-refractivity contribution < 1.29 is 4.79 Å². The van der Waals surface area contributed by atoms with Crippen LogP contribution >= 0.6 is 0 Å². The SMILES string of the molecule is CC1(C)CC[C@H]2C(=CC[C@H]3C(C)(C)C(=O)CC[C@]23C)C1. The molecule has 0 bridgehead atoms. The minimum atomic E-state index is -0.123. The van der Waals surface area contributed by atoms with Gasteiger partial charge in [0.05, 0.1) is 0 Å². The van der Waals surface area contributed by atoms with Gasteiger partial charge in [0.25, 0.3) is 0 Å². The fourth-order valence-corrected chi connectivity index (χ4v) is 5.60. The van der Waals surface area contributed by atoms with Crippen molar-refractivity contribution >= 4 is 5.78 Å². The maximum atomic E-state index is 12.4. The highest BCUT2D eigenvalue weighted by Crippen LogP contribution is 2.62. The molecule has 1 heteroatoms. The van der Waals surface area contributed by atoms with Crippen molar-refractivity contribution in [1.29, 1.82) is 0 Å². The number of carbonyl (C=O) groups is 1. The van der Waals surface area contributed by atoms with Gasteiger partial charge >= 0.3 is 0 Å². The van der Waals surface area contributed by atoms with Crippen molar-refractivity contribution in [3.8, 4) is 0 Å². The Labute approximate surface area is 124 Å². The van der Waals surface area contributed by atoms with Gasteiger partial charge in [0.2, 0.25) is 0 Å². The highest BCUT2D eigenvalue weighted by Gasteiger charge is 2.56. The first-order valence-electron chi connectivity index (χ1n) is 8.39. The summed E-state index contributed by atoms with van der Waals surface area (Å²) in [6.45, 7) is 11.7. The Morgan fingerprint density at radius 3 is 2.50 bits per heavy atom. The molecule has 2 fully saturated rings. The number of rotatable bonds is 0. The molecule has 0 aliphatic heterocycles. The number of fused-ring (bicyclic) bond motifs is 3. The lowest BCUT2D eigenvalue weighted by Gasteiger charge is -2.58. The van der Waals surface area contributed by atoms with Gasteiger partial charge in [0.1, 0.15) is 5.78 Å². The van der Waals surface area contributed by atoms with Gasteiger partial charge < -0.3 is 0 Å². The number of carbonyl (C=O) groups excluding carboxylic acids is 1. The van der Waals surface area contributed by atoms with E-state index in [-0.39, 0.29) is 5.41 Å². The summed E-state index contributed by atoms with van der Waals surface area (Å²) in [7, 11) is 0. The van der Waals surface area contributed by atoms with Gasteiger partial charge in [0, 0.05) is 11.8 Å². The lowest BCUT2D eigenvalue weighted by Crippen LogP contribution is -2.53. The van der Waals surface area contributed by atoms with Gasteiger partial charge in [0.15, 0.2) is 0 Å². The summed E-state index contributed by atoms with van der Waals surface area (Å²) in [5.74, 6) is 1.78. The molecule has 3 aliphatic carbocycles. The van der Waals surface area contributed by atoms with Crippen LogP contribution in [0.3, 0.4) is 0 Å². The van der Waals surface area contributed by atoms with Crippen LogP contribution in [0.15, 0.2) is 11.6 Å². The first kappa shape index (κ1) is 14.4. The van der Waals surface area contributed by atoms with E-state index in [0.717, 1.165) is 25.2 Å². The van der Waals surface area contributed by atoms with Crippen molar-refractivity contribution in [2.24, 2.45) is 28.1 Å². The molecule has 112 valence electrons. The summed E-state index contributed by atoms with van der Waals surface area (Å²) in [6, 6.07) is 0. The van der Waals surface area contributed by atoms with Crippen LogP contribution in [0.25, 0.3) is 0 Å². The van der Waals surface area contributed by atoms with Crippen molar-refractivity contribution in [1.82, 2.24) is 0 Å². The molecule has 0 aromatic heterocycles. The Bertz CT molecular complexity index is 468. The van der Waals surface area contributed by atoms with E-state index < -0.39 is 0 Å². The molecule has 0 heterocycles. The molecule has 3 atom stereocenters. The number of Topliss-reactive ketones (excluding diaryl/α,β-unsaturated/α-hetero) is 1. The second-order valence-electron chi connectivity index (χ2n) is 9.15. The number of hydrogen-bond donors (Lipinski definition) is 0. The van der Waals surface area contributed by atoms with Crippen molar-refractivity contribution in [2.45, 2.75) is 73.1 Å². The highest BCUT2D eigenvalue weighted by atomic mass is 16.1. The monoisotopic (exact) mass is 274 g/mol. The lowest BCUT2D eigenvalue weighted by molar-refractivity contribution is -0.143. The van der Waals surface area contributed by atoms with Crippen LogP contribution < -0.4 is 0 Å². The topological polar surface area (TPSA) is 17.1 Å². The Balaban J connectivity index is 1.98. The van der Waals surface area contributed by atoms with Crippen LogP contribution in [0.2, 0.25) is 0 Å². The van der Waals surface area contributed by atoms with Gasteiger partial charge in [-0.1, -0.05) is 46.3 Å².